The quantitative estimate of drug-likeness (QED) is 0.120. The molecule has 4 aromatic rings. The smallest absolute Gasteiger partial charge is 0.387 e. The number of nitrogens with two attached hydrogens (primary N) is 2. The highest BCUT2D eigenvalue weighted by Crippen LogP contribution is 2.61. The molecule has 7 heterocycles. The number of hydrogen-bond donors (Lipinski definition) is 7. The molecule has 0 saturated carbocycles. The number of aliphatic hydroxyl groups is 2. The molecule has 3 aliphatic heterocycles. The summed E-state index contributed by atoms with van der Waals surface area (Å²) in [6.45, 7) is -1.36. The highest BCUT2D eigenvalue weighted by molar-refractivity contribution is 7.55. The number of anilines is 2. The zero-order valence-electron chi connectivity index (χ0n) is 23.5. The van der Waals surface area contributed by atoms with Crippen LogP contribution in [0.1, 0.15) is 12.5 Å². The van der Waals surface area contributed by atoms with Gasteiger partial charge in [-0.1, -0.05) is 0 Å². The van der Waals surface area contributed by atoms with Gasteiger partial charge in [-0.15, -0.1) is 4.52 Å². The van der Waals surface area contributed by atoms with Crippen LogP contribution in [-0.2, 0) is 36.7 Å². The van der Waals surface area contributed by atoms with Gasteiger partial charge in [-0.3, -0.25) is 23.4 Å². The number of nitrogens with one attached hydrogen (secondary N) is 1. The second-order valence-electron chi connectivity index (χ2n) is 10.5. The minimum atomic E-state index is -5.01. The van der Waals surface area contributed by atoms with E-state index >= 15 is 0 Å². The fourth-order valence-electron chi connectivity index (χ4n) is 5.53. The van der Waals surface area contributed by atoms with Crippen LogP contribution in [0.3, 0.4) is 0 Å². The molecule has 4 aromatic heterocycles. The highest BCUT2D eigenvalue weighted by atomic mass is 31.2. The van der Waals surface area contributed by atoms with Gasteiger partial charge in [-0.25, -0.2) is 19.5 Å². The average molecular weight is 688 g/mol. The molecule has 3 aliphatic rings. The van der Waals surface area contributed by atoms with Gasteiger partial charge < -0.3 is 40.6 Å². The van der Waals surface area contributed by atoms with Crippen LogP contribution in [0.2, 0.25) is 0 Å². The Morgan fingerprint density at radius 2 is 1.85 bits per heavy atom. The van der Waals surface area contributed by atoms with Gasteiger partial charge >= 0.3 is 16.0 Å². The number of rotatable bonds is 3. The number of nitrogens with zero attached hydrogens (tertiary/aromatic N) is 6. The summed E-state index contributed by atoms with van der Waals surface area (Å²) < 4.78 is 54.9. The Hall–Kier alpha value is -3.21. The summed E-state index contributed by atoms with van der Waals surface area (Å²) in [6.07, 6.45) is -7.74. The molecule has 9 N–H and O–H groups in total. The van der Waals surface area contributed by atoms with Gasteiger partial charge in [0, 0.05) is 6.20 Å². The van der Waals surface area contributed by atoms with Crippen LogP contribution in [-0.4, -0.2) is 111 Å². The number of phosphoric ester groups is 1. The van der Waals surface area contributed by atoms with Gasteiger partial charge in [-0.05, 0) is 6.07 Å². The number of aromatic nitrogens is 7. The molecule has 0 aromatic carbocycles. The van der Waals surface area contributed by atoms with Crippen LogP contribution in [0.15, 0.2) is 29.7 Å². The van der Waals surface area contributed by atoms with Crippen molar-refractivity contribution >= 4 is 50.0 Å². The third-order valence-electron chi connectivity index (χ3n) is 7.71. The molecule has 3 saturated heterocycles. The van der Waals surface area contributed by atoms with Crippen molar-refractivity contribution < 1.29 is 56.7 Å². The van der Waals surface area contributed by atoms with Crippen LogP contribution in [0.4, 0.5) is 11.8 Å². The molecule has 0 aliphatic carbocycles. The van der Waals surface area contributed by atoms with Crippen molar-refractivity contribution in [2.75, 3.05) is 31.8 Å². The second-order valence-corrected chi connectivity index (χ2v) is 13.6. The lowest BCUT2D eigenvalue weighted by molar-refractivity contribution is -0.0732. The number of imidazole rings is 1. The van der Waals surface area contributed by atoms with E-state index in [1.165, 1.54) is 28.0 Å². The predicted octanol–water partition coefficient (Wildman–Crippen LogP) is -1.52. The number of fused-ring (bicyclic) bond motifs is 5. The Balaban J connectivity index is 1.22. The number of nitrogen functional groups attached to an aromatic ring is 2. The van der Waals surface area contributed by atoms with E-state index in [1.807, 2.05) is 0 Å². The Kier molecular flexibility index (Phi) is 7.84. The normalized spacial score (nSPS) is 37.2. The fraction of sp³-hybridized carbons (Fsp3) is 0.500. The van der Waals surface area contributed by atoms with Gasteiger partial charge in [0.25, 0.3) is 5.56 Å². The third-order valence-corrected chi connectivity index (χ3v) is 10.1. The molecular formula is C22H28N9O13P2+. The van der Waals surface area contributed by atoms with E-state index in [2.05, 4.69) is 24.9 Å². The lowest BCUT2D eigenvalue weighted by atomic mass is 10.1. The van der Waals surface area contributed by atoms with Gasteiger partial charge in [0.2, 0.25) is 5.95 Å². The van der Waals surface area contributed by atoms with Crippen LogP contribution < -0.4 is 17.0 Å². The van der Waals surface area contributed by atoms with Crippen molar-refractivity contribution in [2.24, 2.45) is 0 Å². The summed E-state index contributed by atoms with van der Waals surface area (Å²) in [5.74, 6) is -0.0684. The Labute approximate surface area is 257 Å². The summed E-state index contributed by atoms with van der Waals surface area (Å²) in [4.78, 5) is 52.9. The lowest BCUT2D eigenvalue weighted by Gasteiger charge is -2.25. The minimum Gasteiger partial charge on any atom is -0.387 e. The maximum absolute atomic E-state index is 13.2. The molecule has 0 radical (unpaired) electrons. The number of H-pyrrole nitrogens is 1. The van der Waals surface area contributed by atoms with Crippen molar-refractivity contribution in [3.05, 3.63) is 35.3 Å². The van der Waals surface area contributed by atoms with E-state index in [0.717, 1.165) is 7.11 Å². The monoisotopic (exact) mass is 688 g/mol. The third kappa shape index (κ3) is 5.36. The molecule has 7 rings (SSSR count). The summed E-state index contributed by atoms with van der Waals surface area (Å²) in [6, 6.07) is 1.59. The van der Waals surface area contributed by atoms with E-state index in [9.17, 15) is 29.4 Å². The maximum Gasteiger partial charge on any atom is 0.572 e. The molecule has 3 fully saturated rings. The van der Waals surface area contributed by atoms with Crippen molar-refractivity contribution in [3.8, 4) is 0 Å². The Bertz CT molecular complexity index is 1890. The predicted molar refractivity (Wildman–Crippen MR) is 152 cm³/mol. The number of hydrogen-bond acceptors (Lipinski definition) is 18. The van der Waals surface area contributed by atoms with Gasteiger partial charge in [-0.2, -0.15) is 18.9 Å². The summed E-state index contributed by atoms with van der Waals surface area (Å²) in [5.41, 5.74) is 11.1. The van der Waals surface area contributed by atoms with Crippen molar-refractivity contribution in [2.45, 2.75) is 49.1 Å². The van der Waals surface area contributed by atoms with Crippen molar-refractivity contribution in [1.29, 1.82) is 0 Å². The highest BCUT2D eigenvalue weighted by Gasteiger charge is 2.59. The van der Waals surface area contributed by atoms with Crippen LogP contribution in [0.25, 0.3) is 22.2 Å². The zero-order valence-corrected chi connectivity index (χ0v) is 25.3. The molecule has 46 heavy (non-hydrogen) atoms. The molecule has 0 spiro atoms. The Morgan fingerprint density at radius 3 is 2.63 bits per heavy atom. The maximum atomic E-state index is 13.2. The largest absolute Gasteiger partial charge is 0.572 e. The number of aliphatic hydroxyl groups excluding tert-OH is 2. The van der Waals surface area contributed by atoms with E-state index < -0.39 is 83.8 Å². The fourth-order valence-corrected chi connectivity index (χ4v) is 7.62. The molecular weight excluding hydrogens is 660 g/mol. The molecule has 24 heteroatoms. The molecule has 248 valence electrons. The number of aromatic amines is 1. The first kappa shape index (κ1) is 31.4. The first-order valence-corrected chi connectivity index (χ1v) is 16.5. The lowest BCUT2D eigenvalue weighted by Crippen LogP contribution is -2.37. The summed E-state index contributed by atoms with van der Waals surface area (Å²) >= 11 is 0. The first-order chi connectivity index (χ1) is 21.9. The van der Waals surface area contributed by atoms with E-state index in [4.69, 9.17) is 43.6 Å². The molecule has 22 nitrogen and oxygen atoms in total. The van der Waals surface area contributed by atoms with Crippen LogP contribution >= 0.6 is 16.0 Å². The van der Waals surface area contributed by atoms with Gasteiger partial charge in [0.15, 0.2) is 29.7 Å². The topological polar surface area (TPSA) is 309 Å². The first-order valence-electron chi connectivity index (χ1n) is 13.5. The molecule has 10 atom stereocenters. The Morgan fingerprint density at radius 1 is 1.07 bits per heavy atom. The SMILES string of the molecule is CO[P+]1(O)OCC2OC(n3ccc4c(N)ncnc43)C(O)C2OP(=O)(O)OCC2OC(n3cnc4c(=O)[nH]c(N)nc43)C(O1)C2O. The average Bonchev–Trinajstić information content (AvgIpc) is 3.77. The van der Waals surface area contributed by atoms with Crippen LogP contribution in [0.5, 0.6) is 0 Å². The molecule has 2 bridgehead atoms. The number of phosphoric acid groups is 1. The standard InChI is InChI=1S/C22H27N9O13P2/c1-38-46(37)40-5-10-14(13(33)20(42-10)30-3-2-8-16(23)25-6-26-17(8)30)43-45(35,36)39-4-9-12(32)15(44-46)21(41-9)31-7-27-11-18(31)28-22(24)29-19(11)34/h2-3,6-7,9-10,12-15,20-21,32-33,37H,4-5H2,1H3,(H5-,23,24,25,26,28,29,34,35,36)/p+1. The van der Waals surface area contributed by atoms with E-state index in [-0.39, 0.29) is 28.6 Å². The molecule has 0 amide bonds. The van der Waals surface area contributed by atoms with E-state index in [0.29, 0.717) is 5.39 Å². The van der Waals surface area contributed by atoms with Crippen LogP contribution in [0, 0.1) is 0 Å². The zero-order chi connectivity index (χ0) is 32.5. The van der Waals surface area contributed by atoms with Gasteiger partial charge in [0.05, 0.1) is 25.4 Å². The van der Waals surface area contributed by atoms with Crippen molar-refractivity contribution in [3.63, 3.8) is 0 Å². The molecule has 10 unspecified atom stereocenters. The van der Waals surface area contributed by atoms with E-state index in [1.54, 1.807) is 6.07 Å². The second kappa shape index (κ2) is 11.5. The number of ether oxygens (including phenoxy) is 2. The summed E-state index contributed by atoms with van der Waals surface area (Å²) in [7, 11) is -8.29. The van der Waals surface area contributed by atoms with Crippen molar-refractivity contribution in [1.82, 2.24) is 34.1 Å². The summed E-state index contributed by atoms with van der Waals surface area (Å²) in [5, 5.41) is 22.9. The van der Waals surface area contributed by atoms with Gasteiger partial charge in [0.1, 0.15) is 54.9 Å². The minimum absolute atomic E-state index is 0.0575.